The summed E-state index contributed by atoms with van der Waals surface area (Å²) in [6.45, 7) is 9.07. The highest BCUT2D eigenvalue weighted by molar-refractivity contribution is 5.78. The molecule has 0 radical (unpaired) electrons. The molecule has 106 valence electrons. The summed E-state index contributed by atoms with van der Waals surface area (Å²) in [7, 11) is 0. The SMILES string of the molecule is CC.CC(=O)Cc1ccccc1CN1CCCCC1. The lowest BCUT2D eigenvalue weighted by Gasteiger charge is -2.27. The second-order valence-electron chi connectivity index (χ2n) is 4.98. The first-order chi connectivity index (χ1) is 9.25. The van der Waals surface area contributed by atoms with Crippen LogP contribution >= 0.6 is 0 Å². The van der Waals surface area contributed by atoms with Crippen molar-refractivity contribution < 1.29 is 4.79 Å². The first kappa shape index (κ1) is 15.9. The number of piperidine rings is 1. The van der Waals surface area contributed by atoms with Gasteiger partial charge in [0.1, 0.15) is 5.78 Å². The lowest BCUT2D eigenvalue weighted by molar-refractivity contribution is -0.116. The summed E-state index contributed by atoms with van der Waals surface area (Å²) >= 11 is 0. The number of Topliss-reactive ketones (excluding diaryl/α,β-unsaturated/α-hetero) is 1. The van der Waals surface area contributed by atoms with E-state index in [1.807, 2.05) is 19.9 Å². The summed E-state index contributed by atoms with van der Waals surface area (Å²) in [5.41, 5.74) is 2.52. The van der Waals surface area contributed by atoms with E-state index >= 15 is 0 Å². The monoisotopic (exact) mass is 261 g/mol. The molecule has 1 aromatic rings. The molecule has 1 saturated heterocycles. The maximum Gasteiger partial charge on any atom is 0.134 e. The second-order valence-corrected chi connectivity index (χ2v) is 4.98. The molecular weight excluding hydrogens is 234 g/mol. The lowest BCUT2D eigenvalue weighted by Crippen LogP contribution is -2.29. The number of hydrogen-bond acceptors (Lipinski definition) is 2. The standard InChI is InChI=1S/C15H21NO.C2H6/c1-13(17)11-14-7-3-4-8-15(14)12-16-9-5-2-6-10-16;1-2/h3-4,7-8H,2,5-6,9-12H2,1H3;1-2H3. The Balaban J connectivity index is 0.000000861. The first-order valence-electron chi connectivity index (χ1n) is 7.54. The van der Waals surface area contributed by atoms with Crippen LogP contribution in [0.25, 0.3) is 0 Å². The molecular formula is C17H27NO. The zero-order valence-electron chi connectivity index (χ0n) is 12.6. The molecule has 0 unspecified atom stereocenters. The summed E-state index contributed by atoms with van der Waals surface area (Å²) in [6.07, 6.45) is 4.57. The Hall–Kier alpha value is -1.15. The zero-order chi connectivity index (χ0) is 14.1. The van der Waals surface area contributed by atoms with Crippen LogP contribution in [-0.2, 0) is 17.8 Å². The van der Waals surface area contributed by atoms with Gasteiger partial charge in [0.05, 0.1) is 0 Å². The number of likely N-dealkylation sites (tertiary alicyclic amines) is 1. The van der Waals surface area contributed by atoms with Gasteiger partial charge < -0.3 is 0 Å². The minimum atomic E-state index is 0.246. The van der Waals surface area contributed by atoms with Crippen molar-refractivity contribution in [3.63, 3.8) is 0 Å². The number of nitrogens with zero attached hydrogens (tertiary/aromatic N) is 1. The molecule has 0 bridgehead atoms. The highest BCUT2D eigenvalue weighted by Gasteiger charge is 2.12. The van der Waals surface area contributed by atoms with Crippen LogP contribution in [0.5, 0.6) is 0 Å². The third kappa shape index (κ3) is 5.56. The maximum absolute atomic E-state index is 11.2. The summed E-state index contributed by atoms with van der Waals surface area (Å²) in [4.78, 5) is 13.7. The Morgan fingerprint density at radius 1 is 1.05 bits per heavy atom. The molecule has 1 heterocycles. The number of hydrogen-bond donors (Lipinski definition) is 0. The quantitative estimate of drug-likeness (QED) is 0.821. The van der Waals surface area contributed by atoms with E-state index in [9.17, 15) is 4.79 Å². The summed E-state index contributed by atoms with van der Waals surface area (Å²) in [5, 5.41) is 0. The fourth-order valence-electron chi connectivity index (χ4n) is 2.51. The highest BCUT2D eigenvalue weighted by Crippen LogP contribution is 2.16. The Morgan fingerprint density at radius 2 is 1.63 bits per heavy atom. The van der Waals surface area contributed by atoms with E-state index in [2.05, 4.69) is 23.1 Å². The molecule has 0 spiro atoms. The first-order valence-corrected chi connectivity index (χ1v) is 7.54. The molecule has 0 saturated carbocycles. The van der Waals surface area contributed by atoms with Crippen molar-refractivity contribution in [1.29, 1.82) is 0 Å². The normalized spacial score (nSPS) is 15.5. The van der Waals surface area contributed by atoms with E-state index in [1.54, 1.807) is 6.92 Å². The third-order valence-corrected chi connectivity index (χ3v) is 3.40. The molecule has 1 fully saturated rings. The van der Waals surface area contributed by atoms with Gasteiger partial charge in [-0.2, -0.15) is 0 Å². The van der Waals surface area contributed by atoms with Crippen molar-refractivity contribution in [2.75, 3.05) is 13.1 Å². The van der Waals surface area contributed by atoms with Gasteiger partial charge in [0, 0.05) is 13.0 Å². The molecule has 0 aromatic heterocycles. The number of carbonyl (C=O) groups excluding carboxylic acids is 1. The Morgan fingerprint density at radius 3 is 2.21 bits per heavy atom. The van der Waals surface area contributed by atoms with Gasteiger partial charge in [-0.15, -0.1) is 0 Å². The van der Waals surface area contributed by atoms with Gasteiger partial charge in [0.15, 0.2) is 0 Å². The van der Waals surface area contributed by atoms with Crippen LogP contribution in [0.15, 0.2) is 24.3 Å². The average Bonchev–Trinajstić information content (AvgIpc) is 2.44. The van der Waals surface area contributed by atoms with Gasteiger partial charge in [0.25, 0.3) is 0 Å². The Labute approximate surface area is 117 Å². The van der Waals surface area contributed by atoms with Crippen LogP contribution in [-0.4, -0.2) is 23.8 Å². The summed E-state index contributed by atoms with van der Waals surface area (Å²) < 4.78 is 0. The third-order valence-electron chi connectivity index (χ3n) is 3.40. The van der Waals surface area contributed by atoms with Gasteiger partial charge in [-0.25, -0.2) is 0 Å². The fraction of sp³-hybridized carbons (Fsp3) is 0.588. The molecule has 0 aliphatic carbocycles. The van der Waals surface area contributed by atoms with Gasteiger partial charge in [-0.3, -0.25) is 9.69 Å². The number of ketones is 1. The largest absolute Gasteiger partial charge is 0.300 e. The fourth-order valence-corrected chi connectivity index (χ4v) is 2.51. The second kappa shape index (κ2) is 8.87. The average molecular weight is 261 g/mol. The van der Waals surface area contributed by atoms with E-state index in [-0.39, 0.29) is 5.78 Å². The Kier molecular flexibility index (Phi) is 7.42. The number of carbonyl (C=O) groups is 1. The maximum atomic E-state index is 11.2. The Bertz CT molecular complexity index is 381. The van der Waals surface area contributed by atoms with Crippen LogP contribution in [0, 0.1) is 0 Å². The lowest BCUT2D eigenvalue weighted by atomic mass is 10.0. The molecule has 2 nitrogen and oxygen atoms in total. The molecule has 1 aliphatic rings. The summed E-state index contributed by atoms with van der Waals surface area (Å²) in [6, 6.07) is 8.34. The van der Waals surface area contributed by atoms with Crippen LogP contribution in [0.1, 0.15) is 51.2 Å². The molecule has 19 heavy (non-hydrogen) atoms. The van der Waals surface area contributed by atoms with E-state index in [4.69, 9.17) is 0 Å². The van der Waals surface area contributed by atoms with Gasteiger partial charge in [-0.05, 0) is 44.0 Å². The molecule has 2 rings (SSSR count). The zero-order valence-corrected chi connectivity index (χ0v) is 12.6. The molecule has 1 aliphatic heterocycles. The van der Waals surface area contributed by atoms with Crippen molar-refractivity contribution in [3.05, 3.63) is 35.4 Å². The van der Waals surface area contributed by atoms with Crippen molar-refractivity contribution >= 4 is 5.78 Å². The number of benzene rings is 1. The smallest absolute Gasteiger partial charge is 0.134 e. The summed E-state index contributed by atoms with van der Waals surface area (Å²) in [5.74, 6) is 0.246. The minimum absolute atomic E-state index is 0.246. The van der Waals surface area contributed by atoms with Gasteiger partial charge >= 0.3 is 0 Å². The van der Waals surface area contributed by atoms with Crippen LogP contribution in [0.3, 0.4) is 0 Å². The van der Waals surface area contributed by atoms with Crippen molar-refractivity contribution in [3.8, 4) is 0 Å². The van der Waals surface area contributed by atoms with Crippen LogP contribution in [0.4, 0.5) is 0 Å². The van der Waals surface area contributed by atoms with E-state index in [0.717, 1.165) is 6.54 Å². The minimum Gasteiger partial charge on any atom is -0.300 e. The van der Waals surface area contributed by atoms with Crippen molar-refractivity contribution in [2.24, 2.45) is 0 Å². The van der Waals surface area contributed by atoms with E-state index in [0.29, 0.717) is 6.42 Å². The molecule has 0 amide bonds. The predicted molar refractivity (Wildman–Crippen MR) is 81.3 cm³/mol. The van der Waals surface area contributed by atoms with E-state index in [1.165, 1.54) is 43.5 Å². The van der Waals surface area contributed by atoms with E-state index < -0.39 is 0 Å². The molecule has 0 atom stereocenters. The van der Waals surface area contributed by atoms with Gasteiger partial charge in [-0.1, -0.05) is 44.5 Å². The topological polar surface area (TPSA) is 20.3 Å². The molecule has 1 aromatic carbocycles. The molecule has 0 N–H and O–H groups in total. The van der Waals surface area contributed by atoms with Crippen LogP contribution in [0.2, 0.25) is 0 Å². The highest BCUT2D eigenvalue weighted by atomic mass is 16.1. The van der Waals surface area contributed by atoms with Crippen molar-refractivity contribution in [2.45, 2.75) is 53.0 Å². The van der Waals surface area contributed by atoms with Crippen LogP contribution < -0.4 is 0 Å². The van der Waals surface area contributed by atoms with Crippen molar-refractivity contribution in [1.82, 2.24) is 4.90 Å². The van der Waals surface area contributed by atoms with Gasteiger partial charge in [0.2, 0.25) is 0 Å². The molecule has 2 heteroatoms. The number of rotatable bonds is 4. The predicted octanol–water partition coefficient (Wildman–Crippen LogP) is 3.83.